The number of carbonyl (C=O) groups is 2. The minimum absolute atomic E-state index is 0.214. The van der Waals surface area contributed by atoms with Crippen LogP contribution in [0.25, 0.3) is 16.3 Å². The summed E-state index contributed by atoms with van der Waals surface area (Å²) < 4.78 is 0. The molecule has 4 heteroatoms. The normalized spacial score (nSPS) is 17.7. The lowest BCUT2D eigenvalue weighted by atomic mass is 9.96. The number of anilines is 1. The van der Waals surface area contributed by atoms with Crippen molar-refractivity contribution in [2.24, 2.45) is 5.92 Å². The number of aryl methyl sites for hydroxylation is 2. The number of piperidine rings is 1. The predicted octanol–water partition coefficient (Wildman–Crippen LogP) is 5.47. The highest BCUT2D eigenvalue weighted by Crippen LogP contribution is 2.39. The van der Waals surface area contributed by atoms with Gasteiger partial charge in [0.2, 0.25) is 0 Å². The van der Waals surface area contributed by atoms with Crippen molar-refractivity contribution in [3.05, 3.63) is 83.1 Å². The fraction of sp³-hybridized carbons (Fsp3) is 0.286. The summed E-state index contributed by atoms with van der Waals surface area (Å²) in [6.07, 6.45) is 2.05. The van der Waals surface area contributed by atoms with Gasteiger partial charge in [-0.1, -0.05) is 61.5 Å². The van der Waals surface area contributed by atoms with Crippen LogP contribution >= 0.6 is 0 Å². The molecule has 3 aromatic rings. The largest absolute Gasteiger partial charge is 0.366 e. The van der Waals surface area contributed by atoms with Crippen molar-refractivity contribution >= 4 is 33.8 Å². The van der Waals surface area contributed by atoms with E-state index in [1.165, 1.54) is 10.5 Å². The molecule has 2 heterocycles. The number of hydrogen-bond acceptors (Lipinski definition) is 3. The zero-order valence-corrected chi connectivity index (χ0v) is 18.9. The van der Waals surface area contributed by atoms with Crippen LogP contribution in [0.15, 0.2) is 66.4 Å². The third kappa shape index (κ3) is 3.31. The first-order chi connectivity index (χ1) is 15.5. The number of likely N-dealkylation sites (tertiary alicyclic amines) is 1. The molecule has 0 atom stereocenters. The summed E-state index contributed by atoms with van der Waals surface area (Å²) in [4.78, 5) is 31.3. The topological polar surface area (TPSA) is 40.6 Å². The van der Waals surface area contributed by atoms with Gasteiger partial charge in [-0.3, -0.25) is 9.59 Å². The molecule has 2 aliphatic rings. The third-order valence-electron chi connectivity index (χ3n) is 6.96. The van der Waals surface area contributed by atoms with E-state index in [4.69, 9.17) is 0 Å². The van der Waals surface area contributed by atoms with Gasteiger partial charge >= 0.3 is 0 Å². The Morgan fingerprint density at radius 2 is 1.53 bits per heavy atom. The highest BCUT2D eigenvalue weighted by atomic mass is 16.2. The van der Waals surface area contributed by atoms with E-state index in [-0.39, 0.29) is 11.8 Å². The first-order valence-corrected chi connectivity index (χ1v) is 11.4. The predicted molar refractivity (Wildman–Crippen MR) is 129 cm³/mol. The Kier molecular flexibility index (Phi) is 5.09. The molecule has 162 valence electrons. The standard InChI is InChI=1S/C28H28N2O2/c1-18-13-15-29(16-14-18)26-25(22-12-11-19(2)20(3)17-22)27(31)30(28(26)32)24-10-6-8-21-7-4-5-9-23(21)24/h4-12,17-18H,13-16H2,1-3H3. The van der Waals surface area contributed by atoms with Crippen molar-refractivity contribution in [1.82, 2.24) is 4.90 Å². The number of imide groups is 1. The van der Waals surface area contributed by atoms with Gasteiger partial charge in [0.25, 0.3) is 11.8 Å². The Hall–Kier alpha value is -3.40. The fourth-order valence-corrected chi connectivity index (χ4v) is 4.82. The quantitative estimate of drug-likeness (QED) is 0.523. The SMILES string of the molecule is Cc1ccc(C2=C(N3CCC(C)CC3)C(=O)N(c3cccc4ccccc34)C2=O)cc1C. The highest BCUT2D eigenvalue weighted by molar-refractivity contribution is 6.46. The Bertz CT molecular complexity index is 1260. The molecule has 1 fully saturated rings. The maximum absolute atomic E-state index is 13.9. The third-order valence-corrected chi connectivity index (χ3v) is 6.96. The molecule has 0 aromatic heterocycles. The van der Waals surface area contributed by atoms with Gasteiger partial charge in [-0.15, -0.1) is 0 Å². The van der Waals surface area contributed by atoms with Crippen LogP contribution in [0.5, 0.6) is 0 Å². The van der Waals surface area contributed by atoms with E-state index in [0.717, 1.165) is 47.8 Å². The van der Waals surface area contributed by atoms with Gasteiger partial charge in [0.1, 0.15) is 5.70 Å². The molecule has 0 aliphatic carbocycles. The average Bonchev–Trinajstić information content (AvgIpc) is 3.06. The second-order valence-electron chi connectivity index (χ2n) is 9.14. The zero-order chi connectivity index (χ0) is 22.4. The minimum atomic E-state index is -0.233. The van der Waals surface area contributed by atoms with Gasteiger partial charge in [-0.2, -0.15) is 0 Å². The maximum atomic E-state index is 13.9. The Morgan fingerprint density at radius 1 is 0.812 bits per heavy atom. The number of carbonyl (C=O) groups excluding carboxylic acids is 2. The maximum Gasteiger partial charge on any atom is 0.282 e. The van der Waals surface area contributed by atoms with E-state index in [2.05, 4.69) is 18.7 Å². The van der Waals surface area contributed by atoms with Crippen LogP contribution < -0.4 is 4.90 Å². The second kappa shape index (κ2) is 7.94. The van der Waals surface area contributed by atoms with E-state index >= 15 is 0 Å². The summed E-state index contributed by atoms with van der Waals surface area (Å²) in [6, 6.07) is 19.7. The van der Waals surface area contributed by atoms with Gasteiger partial charge in [0.15, 0.2) is 0 Å². The number of nitrogens with zero attached hydrogens (tertiary/aromatic N) is 2. The van der Waals surface area contributed by atoms with Crippen LogP contribution in [0.1, 0.15) is 36.5 Å². The molecule has 3 aromatic carbocycles. The van der Waals surface area contributed by atoms with Crippen LogP contribution in [0, 0.1) is 19.8 Å². The first-order valence-electron chi connectivity index (χ1n) is 11.4. The van der Waals surface area contributed by atoms with Gasteiger partial charge in [0.05, 0.1) is 11.3 Å². The molecule has 32 heavy (non-hydrogen) atoms. The summed E-state index contributed by atoms with van der Waals surface area (Å²) in [6.45, 7) is 7.95. The monoisotopic (exact) mass is 424 g/mol. The number of fused-ring (bicyclic) bond motifs is 1. The Morgan fingerprint density at radius 3 is 2.28 bits per heavy atom. The summed E-state index contributed by atoms with van der Waals surface area (Å²) in [7, 11) is 0. The first kappa shape index (κ1) is 20.5. The number of amides is 2. The molecule has 2 aliphatic heterocycles. The highest BCUT2D eigenvalue weighted by Gasteiger charge is 2.43. The van der Waals surface area contributed by atoms with Gasteiger partial charge < -0.3 is 4.90 Å². The molecular weight excluding hydrogens is 396 g/mol. The Labute approximate surface area is 189 Å². The van der Waals surface area contributed by atoms with Crippen LogP contribution in [0.3, 0.4) is 0 Å². The van der Waals surface area contributed by atoms with Crippen molar-refractivity contribution in [3.63, 3.8) is 0 Å². The van der Waals surface area contributed by atoms with E-state index in [9.17, 15) is 9.59 Å². The Balaban J connectivity index is 1.67. The lowest BCUT2D eigenvalue weighted by Crippen LogP contribution is -2.38. The van der Waals surface area contributed by atoms with Gasteiger partial charge in [-0.05, 0) is 60.7 Å². The van der Waals surface area contributed by atoms with Crippen molar-refractivity contribution in [3.8, 4) is 0 Å². The van der Waals surface area contributed by atoms with Crippen LogP contribution in [0.4, 0.5) is 5.69 Å². The molecule has 0 spiro atoms. The molecule has 0 radical (unpaired) electrons. The molecule has 0 unspecified atom stereocenters. The van der Waals surface area contributed by atoms with Crippen molar-refractivity contribution in [1.29, 1.82) is 0 Å². The molecule has 0 N–H and O–H groups in total. The number of rotatable bonds is 3. The zero-order valence-electron chi connectivity index (χ0n) is 18.9. The average molecular weight is 425 g/mol. The van der Waals surface area contributed by atoms with E-state index < -0.39 is 0 Å². The summed E-state index contributed by atoms with van der Waals surface area (Å²) >= 11 is 0. The van der Waals surface area contributed by atoms with Gasteiger partial charge in [0, 0.05) is 18.5 Å². The summed E-state index contributed by atoms with van der Waals surface area (Å²) in [5.74, 6) is 0.190. The molecule has 5 rings (SSSR count). The molecular formula is C28H28N2O2. The molecule has 0 saturated carbocycles. The number of benzene rings is 3. The van der Waals surface area contributed by atoms with Crippen LogP contribution in [-0.2, 0) is 9.59 Å². The van der Waals surface area contributed by atoms with Crippen LogP contribution in [0.2, 0.25) is 0 Å². The van der Waals surface area contributed by atoms with Crippen molar-refractivity contribution < 1.29 is 9.59 Å². The van der Waals surface area contributed by atoms with Crippen molar-refractivity contribution in [2.75, 3.05) is 18.0 Å². The lowest BCUT2D eigenvalue weighted by molar-refractivity contribution is -0.120. The number of hydrogen-bond donors (Lipinski definition) is 0. The minimum Gasteiger partial charge on any atom is -0.366 e. The second-order valence-corrected chi connectivity index (χ2v) is 9.14. The van der Waals surface area contributed by atoms with E-state index in [1.807, 2.05) is 67.6 Å². The fourth-order valence-electron chi connectivity index (χ4n) is 4.82. The van der Waals surface area contributed by atoms with E-state index in [1.54, 1.807) is 0 Å². The summed E-state index contributed by atoms with van der Waals surface area (Å²) in [5.41, 5.74) is 4.84. The smallest absolute Gasteiger partial charge is 0.282 e. The van der Waals surface area contributed by atoms with Crippen molar-refractivity contribution in [2.45, 2.75) is 33.6 Å². The molecule has 4 nitrogen and oxygen atoms in total. The molecule has 2 amide bonds. The molecule has 1 saturated heterocycles. The summed E-state index contributed by atoms with van der Waals surface area (Å²) in [5, 5.41) is 1.92. The van der Waals surface area contributed by atoms with Crippen LogP contribution in [-0.4, -0.2) is 29.8 Å². The van der Waals surface area contributed by atoms with E-state index in [0.29, 0.717) is 22.9 Å². The molecule has 0 bridgehead atoms. The lowest BCUT2D eigenvalue weighted by Gasteiger charge is -2.32. The van der Waals surface area contributed by atoms with Gasteiger partial charge in [-0.25, -0.2) is 4.90 Å².